The highest BCUT2D eigenvalue weighted by atomic mass is 32.1. The van der Waals surface area contributed by atoms with Gasteiger partial charge in [0.25, 0.3) is 5.91 Å². The lowest BCUT2D eigenvalue weighted by atomic mass is 9.97. The number of aryl methyl sites for hydroxylation is 1. The summed E-state index contributed by atoms with van der Waals surface area (Å²) in [5, 5.41) is 8.01. The molecule has 2 atom stereocenters. The standard InChI is InChI=1S/C15H21N5O2S/c1-4-9(2)13-16-14(22-18-13)11-6-5-7-20(8-11)15(21)12-10(3)17-19-23-12/h9,11H,4-8H2,1-3H3/t9-,11-/m1/s1. The van der Waals surface area contributed by atoms with E-state index >= 15 is 0 Å². The molecule has 1 amide bonds. The minimum Gasteiger partial charge on any atom is -0.339 e. The topological polar surface area (TPSA) is 85.0 Å². The molecule has 23 heavy (non-hydrogen) atoms. The van der Waals surface area contributed by atoms with E-state index in [2.05, 4.69) is 33.6 Å². The molecule has 8 heteroatoms. The van der Waals surface area contributed by atoms with Crippen LogP contribution in [0.25, 0.3) is 0 Å². The fourth-order valence-corrected chi connectivity index (χ4v) is 3.36. The Morgan fingerprint density at radius 1 is 1.52 bits per heavy atom. The van der Waals surface area contributed by atoms with E-state index in [0.717, 1.165) is 43.2 Å². The quantitative estimate of drug-likeness (QED) is 0.854. The first kappa shape index (κ1) is 16.0. The van der Waals surface area contributed by atoms with Crippen LogP contribution in [0, 0.1) is 6.92 Å². The Morgan fingerprint density at radius 2 is 2.35 bits per heavy atom. The van der Waals surface area contributed by atoms with Crippen molar-refractivity contribution in [3.05, 3.63) is 22.3 Å². The number of nitrogens with zero attached hydrogens (tertiary/aromatic N) is 5. The molecule has 7 nitrogen and oxygen atoms in total. The largest absolute Gasteiger partial charge is 0.339 e. The third-order valence-electron chi connectivity index (χ3n) is 4.41. The molecule has 1 saturated heterocycles. The molecule has 2 aromatic rings. The molecule has 3 rings (SSSR count). The fourth-order valence-electron chi connectivity index (χ4n) is 2.73. The summed E-state index contributed by atoms with van der Waals surface area (Å²) in [6.07, 6.45) is 2.88. The molecule has 0 bridgehead atoms. The second kappa shape index (κ2) is 6.74. The number of hydrogen-bond acceptors (Lipinski definition) is 7. The van der Waals surface area contributed by atoms with E-state index in [9.17, 15) is 4.79 Å². The van der Waals surface area contributed by atoms with Crippen molar-refractivity contribution < 1.29 is 9.32 Å². The molecule has 0 saturated carbocycles. The van der Waals surface area contributed by atoms with Crippen molar-refractivity contribution in [2.75, 3.05) is 13.1 Å². The third-order valence-corrected chi connectivity index (χ3v) is 5.23. The van der Waals surface area contributed by atoms with Crippen molar-refractivity contribution in [2.24, 2.45) is 0 Å². The highest BCUT2D eigenvalue weighted by Gasteiger charge is 2.30. The van der Waals surface area contributed by atoms with Crippen molar-refractivity contribution in [1.29, 1.82) is 0 Å². The molecule has 3 heterocycles. The molecule has 0 unspecified atom stereocenters. The first-order chi connectivity index (χ1) is 11.1. The number of amides is 1. The van der Waals surface area contributed by atoms with Gasteiger partial charge >= 0.3 is 0 Å². The Kier molecular flexibility index (Phi) is 4.70. The van der Waals surface area contributed by atoms with E-state index in [0.29, 0.717) is 28.9 Å². The van der Waals surface area contributed by atoms with Gasteiger partial charge in [-0.3, -0.25) is 4.79 Å². The summed E-state index contributed by atoms with van der Waals surface area (Å²) in [4.78, 5) is 19.6. The van der Waals surface area contributed by atoms with Crippen LogP contribution in [0.3, 0.4) is 0 Å². The smallest absolute Gasteiger partial charge is 0.267 e. The lowest BCUT2D eigenvalue weighted by Crippen LogP contribution is -2.39. The van der Waals surface area contributed by atoms with Crippen molar-refractivity contribution in [1.82, 2.24) is 24.6 Å². The number of aromatic nitrogens is 4. The molecule has 1 aliphatic rings. The van der Waals surface area contributed by atoms with E-state index in [1.807, 2.05) is 11.8 Å². The number of carbonyl (C=O) groups excluding carboxylic acids is 1. The van der Waals surface area contributed by atoms with Crippen molar-refractivity contribution >= 4 is 17.4 Å². The normalized spacial score (nSPS) is 19.8. The van der Waals surface area contributed by atoms with Gasteiger partial charge in [0, 0.05) is 19.0 Å². The van der Waals surface area contributed by atoms with Gasteiger partial charge in [0.2, 0.25) is 5.89 Å². The van der Waals surface area contributed by atoms with Crippen LogP contribution >= 0.6 is 11.5 Å². The maximum absolute atomic E-state index is 12.6. The van der Waals surface area contributed by atoms with E-state index in [-0.39, 0.29) is 11.8 Å². The van der Waals surface area contributed by atoms with Gasteiger partial charge < -0.3 is 9.42 Å². The molecule has 0 spiro atoms. The second-order valence-electron chi connectivity index (χ2n) is 6.08. The lowest BCUT2D eigenvalue weighted by molar-refractivity contribution is 0.0699. The summed E-state index contributed by atoms with van der Waals surface area (Å²) in [6.45, 7) is 7.37. The molecule has 1 aliphatic heterocycles. The molecular weight excluding hydrogens is 314 g/mol. The highest BCUT2D eigenvalue weighted by molar-refractivity contribution is 7.07. The molecule has 0 aromatic carbocycles. The number of likely N-dealkylation sites (tertiary alicyclic amines) is 1. The van der Waals surface area contributed by atoms with E-state index in [1.54, 1.807) is 0 Å². The Balaban J connectivity index is 1.72. The molecular formula is C15H21N5O2S. The van der Waals surface area contributed by atoms with Crippen LogP contribution < -0.4 is 0 Å². The monoisotopic (exact) mass is 335 g/mol. The summed E-state index contributed by atoms with van der Waals surface area (Å²) < 4.78 is 9.30. The highest BCUT2D eigenvalue weighted by Crippen LogP contribution is 2.28. The second-order valence-corrected chi connectivity index (χ2v) is 6.83. The van der Waals surface area contributed by atoms with Crippen LogP contribution in [0.5, 0.6) is 0 Å². The Labute approximate surface area is 139 Å². The van der Waals surface area contributed by atoms with Gasteiger partial charge in [-0.2, -0.15) is 4.98 Å². The van der Waals surface area contributed by atoms with E-state index < -0.39 is 0 Å². The van der Waals surface area contributed by atoms with Gasteiger partial charge in [0.1, 0.15) is 4.88 Å². The Hall–Kier alpha value is -1.83. The summed E-state index contributed by atoms with van der Waals surface area (Å²) in [7, 11) is 0. The van der Waals surface area contributed by atoms with Gasteiger partial charge in [-0.05, 0) is 37.7 Å². The average Bonchev–Trinajstić information content (AvgIpc) is 3.22. The van der Waals surface area contributed by atoms with Crippen LogP contribution in [0.4, 0.5) is 0 Å². The number of carbonyl (C=O) groups is 1. The first-order valence-electron chi connectivity index (χ1n) is 8.01. The zero-order valence-electron chi connectivity index (χ0n) is 13.7. The summed E-state index contributed by atoms with van der Waals surface area (Å²) >= 11 is 1.16. The SMILES string of the molecule is CC[C@@H](C)c1noc([C@@H]2CCCN(C(=O)c3snnc3C)C2)n1. The zero-order chi connectivity index (χ0) is 16.4. The number of rotatable bonds is 4. The first-order valence-corrected chi connectivity index (χ1v) is 8.79. The third kappa shape index (κ3) is 3.26. The summed E-state index contributed by atoms with van der Waals surface area (Å²) in [5.41, 5.74) is 0.693. The zero-order valence-corrected chi connectivity index (χ0v) is 14.5. The van der Waals surface area contributed by atoms with Crippen LogP contribution in [-0.2, 0) is 0 Å². The van der Waals surface area contributed by atoms with Crippen LogP contribution in [0.2, 0.25) is 0 Å². The van der Waals surface area contributed by atoms with Crippen molar-refractivity contribution in [3.63, 3.8) is 0 Å². The summed E-state index contributed by atoms with van der Waals surface area (Å²) in [5.74, 6) is 1.81. The van der Waals surface area contributed by atoms with Crippen molar-refractivity contribution in [3.8, 4) is 0 Å². The van der Waals surface area contributed by atoms with Crippen LogP contribution in [0.15, 0.2) is 4.52 Å². The van der Waals surface area contributed by atoms with Crippen LogP contribution in [0.1, 0.15) is 72.0 Å². The molecule has 2 aromatic heterocycles. The minimum atomic E-state index is 0.00358. The van der Waals surface area contributed by atoms with E-state index in [4.69, 9.17) is 4.52 Å². The minimum absolute atomic E-state index is 0.00358. The predicted octanol–water partition coefficient (Wildman–Crippen LogP) is 2.76. The molecule has 0 aliphatic carbocycles. The number of piperidine rings is 1. The van der Waals surface area contributed by atoms with E-state index in [1.165, 1.54) is 0 Å². The number of hydrogen-bond donors (Lipinski definition) is 0. The van der Waals surface area contributed by atoms with Crippen LogP contribution in [-0.4, -0.2) is 43.6 Å². The Morgan fingerprint density at radius 3 is 3.04 bits per heavy atom. The average molecular weight is 335 g/mol. The fraction of sp³-hybridized carbons (Fsp3) is 0.667. The molecule has 0 radical (unpaired) electrons. The van der Waals surface area contributed by atoms with Gasteiger partial charge in [-0.15, -0.1) is 5.10 Å². The Bertz CT molecular complexity index is 683. The molecule has 124 valence electrons. The maximum atomic E-state index is 12.6. The van der Waals surface area contributed by atoms with Crippen molar-refractivity contribution in [2.45, 2.75) is 51.9 Å². The van der Waals surface area contributed by atoms with Gasteiger partial charge in [-0.25, -0.2) is 0 Å². The molecule has 1 fully saturated rings. The predicted molar refractivity (Wildman–Crippen MR) is 85.5 cm³/mol. The van der Waals surface area contributed by atoms with Gasteiger partial charge in [-0.1, -0.05) is 23.5 Å². The maximum Gasteiger partial charge on any atom is 0.267 e. The summed E-state index contributed by atoms with van der Waals surface area (Å²) in [6, 6.07) is 0. The van der Waals surface area contributed by atoms with Gasteiger partial charge in [0.15, 0.2) is 5.82 Å². The lowest BCUT2D eigenvalue weighted by Gasteiger charge is -2.30. The van der Waals surface area contributed by atoms with Gasteiger partial charge in [0.05, 0.1) is 11.6 Å². The molecule has 0 N–H and O–H groups in total.